The van der Waals surface area contributed by atoms with Crippen molar-refractivity contribution in [2.24, 2.45) is 5.92 Å². The molecule has 0 bridgehead atoms. The fraction of sp³-hybridized carbons (Fsp3) is 0.450. The van der Waals surface area contributed by atoms with Crippen LogP contribution >= 0.6 is 0 Å². The number of ether oxygens (including phenoxy) is 1. The van der Waals surface area contributed by atoms with Crippen LogP contribution in [-0.4, -0.2) is 34.0 Å². The lowest BCUT2D eigenvalue weighted by Crippen LogP contribution is -2.20. The maximum absolute atomic E-state index is 12.1. The van der Waals surface area contributed by atoms with Gasteiger partial charge in [0, 0.05) is 0 Å². The lowest BCUT2D eigenvalue weighted by molar-refractivity contribution is -0.147. The Bertz CT molecular complexity index is 666. The second-order valence-electron chi connectivity index (χ2n) is 6.24. The normalized spacial score (nSPS) is 21.5. The van der Waals surface area contributed by atoms with E-state index in [1.807, 2.05) is 18.2 Å². The zero-order valence-corrected chi connectivity index (χ0v) is 15.4. The third kappa shape index (κ3) is 6.35. The number of aliphatic hydroxyl groups excluding tert-OH is 1. The molecule has 2 atom stereocenters. The summed E-state index contributed by atoms with van der Waals surface area (Å²) in [4.78, 5) is 34.5. The summed E-state index contributed by atoms with van der Waals surface area (Å²) in [7, 11) is 0. The maximum atomic E-state index is 12.1. The number of cyclic esters (lactones) is 1. The molecule has 1 saturated heterocycles. The van der Waals surface area contributed by atoms with Gasteiger partial charge in [-0.25, -0.2) is 4.79 Å². The SMILES string of the molecule is CCC(C)/C=C/C=C/CC/C=C(\C)C(O)=C1C(=O)OC(CC(=O)O)C1=O. The van der Waals surface area contributed by atoms with Crippen molar-refractivity contribution in [1.29, 1.82) is 0 Å². The van der Waals surface area contributed by atoms with E-state index in [4.69, 9.17) is 9.84 Å². The first kappa shape index (κ1) is 21.4. The summed E-state index contributed by atoms with van der Waals surface area (Å²) in [5.74, 6) is -2.94. The van der Waals surface area contributed by atoms with Gasteiger partial charge in [-0.2, -0.15) is 0 Å². The number of aliphatic hydroxyl groups is 1. The third-order valence-electron chi connectivity index (χ3n) is 4.08. The number of Topliss-reactive ketones (excluding diaryl/α,β-unsaturated/α-hetero) is 1. The highest BCUT2D eigenvalue weighted by Crippen LogP contribution is 2.24. The molecular weight excluding hydrogens is 336 g/mol. The Balaban J connectivity index is 2.67. The van der Waals surface area contributed by atoms with Crippen LogP contribution in [0.1, 0.15) is 46.5 Å². The highest BCUT2D eigenvalue weighted by Gasteiger charge is 2.42. The quantitative estimate of drug-likeness (QED) is 0.162. The van der Waals surface area contributed by atoms with Gasteiger partial charge in [-0.1, -0.05) is 50.6 Å². The first-order valence-electron chi connectivity index (χ1n) is 8.68. The number of aliphatic carboxylic acids is 1. The molecule has 6 heteroatoms. The summed E-state index contributed by atoms with van der Waals surface area (Å²) in [6.45, 7) is 5.85. The number of hydrogen-bond donors (Lipinski definition) is 2. The number of rotatable bonds is 9. The fourth-order valence-corrected chi connectivity index (χ4v) is 2.26. The molecule has 2 N–H and O–H groups in total. The van der Waals surface area contributed by atoms with E-state index in [1.54, 1.807) is 13.0 Å². The van der Waals surface area contributed by atoms with Crippen molar-refractivity contribution in [3.05, 3.63) is 47.3 Å². The van der Waals surface area contributed by atoms with Crippen LogP contribution in [0.2, 0.25) is 0 Å². The Morgan fingerprint density at radius 2 is 1.92 bits per heavy atom. The predicted molar refractivity (Wildman–Crippen MR) is 97.5 cm³/mol. The third-order valence-corrected chi connectivity index (χ3v) is 4.08. The van der Waals surface area contributed by atoms with Crippen LogP contribution in [0.3, 0.4) is 0 Å². The molecule has 0 aliphatic carbocycles. The van der Waals surface area contributed by atoms with Gasteiger partial charge in [0.15, 0.2) is 6.10 Å². The average Bonchev–Trinajstić information content (AvgIpc) is 2.85. The molecule has 1 aliphatic rings. The topological polar surface area (TPSA) is 101 Å². The van der Waals surface area contributed by atoms with E-state index in [2.05, 4.69) is 19.9 Å². The van der Waals surface area contributed by atoms with Crippen molar-refractivity contribution in [2.45, 2.75) is 52.6 Å². The first-order valence-corrected chi connectivity index (χ1v) is 8.68. The maximum Gasteiger partial charge on any atom is 0.346 e. The Morgan fingerprint density at radius 1 is 1.23 bits per heavy atom. The van der Waals surface area contributed by atoms with Crippen molar-refractivity contribution in [1.82, 2.24) is 0 Å². The van der Waals surface area contributed by atoms with Gasteiger partial charge in [0.25, 0.3) is 0 Å². The number of carbonyl (C=O) groups excluding carboxylic acids is 2. The van der Waals surface area contributed by atoms with Crippen LogP contribution in [0.25, 0.3) is 0 Å². The van der Waals surface area contributed by atoms with E-state index in [0.29, 0.717) is 17.9 Å². The molecule has 1 heterocycles. The lowest BCUT2D eigenvalue weighted by Gasteiger charge is -2.02. The molecule has 0 amide bonds. The minimum absolute atomic E-state index is 0.379. The Kier molecular flexibility index (Phi) is 8.55. The number of esters is 1. The standard InChI is InChI=1S/C20H26O6/c1-4-13(2)10-8-6-5-7-9-11-14(3)18(23)17-19(24)15(12-16(21)22)26-20(17)25/h5-6,8,10-11,13,15,23H,4,7,9,12H2,1-3H3,(H,21,22)/b6-5+,10-8+,14-11+,18-17?. The highest BCUT2D eigenvalue weighted by atomic mass is 16.6. The molecule has 0 aromatic rings. The van der Waals surface area contributed by atoms with E-state index in [1.165, 1.54) is 0 Å². The number of allylic oxidation sites excluding steroid dienone is 6. The zero-order chi connectivity index (χ0) is 19.7. The van der Waals surface area contributed by atoms with Gasteiger partial charge in [0.1, 0.15) is 11.3 Å². The number of carboxylic acid groups (broad SMARTS) is 1. The van der Waals surface area contributed by atoms with Crippen LogP contribution < -0.4 is 0 Å². The van der Waals surface area contributed by atoms with E-state index in [-0.39, 0.29) is 0 Å². The molecule has 26 heavy (non-hydrogen) atoms. The summed E-state index contributed by atoms with van der Waals surface area (Å²) >= 11 is 0. The van der Waals surface area contributed by atoms with Gasteiger partial charge < -0.3 is 14.9 Å². The molecule has 142 valence electrons. The number of hydrogen-bond acceptors (Lipinski definition) is 5. The van der Waals surface area contributed by atoms with Crippen molar-refractivity contribution >= 4 is 17.7 Å². The number of unbranched alkanes of at least 4 members (excludes halogenated alkanes) is 1. The van der Waals surface area contributed by atoms with Crippen molar-refractivity contribution < 1.29 is 29.3 Å². The van der Waals surface area contributed by atoms with Crippen LogP contribution in [0, 0.1) is 5.92 Å². The molecule has 0 radical (unpaired) electrons. The van der Waals surface area contributed by atoms with Gasteiger partial charge in [-0.05, 0) is 31.3 Å². The first-order chi connectivity index (χ1) is 12.3. The Hall–Kier alpha value is -2.63. The Morgan fingerprint density at radius 3 is 2.54 bits per heavy atom. The van der Waals surface area contributed by atoms with Crippen LogP contribution in [-0.2, 0) is 19.1 Å². The van der Waals surface area contributed by atoms with E-state index < -0.39 is 41.6 Å². The second-order valence-corrected chi connectivity index (χ2v) is 6.24. The van der Waals surface area contributed by atoms with Crippen LogP contribution in [0.15, 0.2) is 47.3 Å². The second kappa shape index (κ2) is 10.4. The van der Waals surface area contributed by atoms with E-state index in [9.17, 15) is 19.5 Å². The van der Waals surface area contributed by atoms with Gasteiger partial charge in [-0.3, -0.25) is 9.59 Å². The minimum Gasteiger partial charge on any atom is -0.507 e. The summed E-state index contributed by atoms with van der Waals surface area (Å²) < 4.78 is 4.73. The molecule has 0 aromatic heterocycles. The smallest absolute Gasteiger partial charge is 0.346 e. The van der Waals surface area contributed by atoms with Gasteiger partial charge in [-0.15, -0.1) is 0 Å². The molecule has 1 rings (SSSR count). The molecule has 0 saturated carbocycles. The summed E-state index contributed by atoms with van der Waals surface area (Å²) in [5.41, 5.74) is -0.0955. The zero-order valence-electron chi connectivity index (χ0n) is 15.4. The lowest BCUT2D eigenvalue weighted by atomic mass is 10.0. The molecule has 1 fully saturated rings. The minimum atomic E-state index is -1.37. The van der Waals surface area contributed by atoms with E-state index >= 15 is 0 Å². The molecule has 6 nitrogen and oxygen atoms in total. The van der Waals surface area contributed by atoms with Crippen molar-refractivity contribution in [3.8, 4) is 0 Å². The van der Waals surface area contributed by atoms with E-state index in [0.717, 1.165) is 12.8 Å². The average molecular weight is 362 g/mol. The Labute approximate surface area is 153 Å². The number of ketones is 1. The monoisotopic (exact) mass is 362 g/mol. The summed E-state index contributed by atoms with van der Waals surface area (Å²) in [5, 5.41) is 18.9. The molecule has 0 aromatic carbocycles. The number of carbonyl (C=O) groups is 3. The van der Waals surface area contributed by atoms with Crippen molar-refractivity contribution in [2.75, 3.05) is 0 Å². The largest absolute Gasteiger partial charge is 0.507 e. The summed E-state index contributed by atoms with van der Waals surface area (Å²) in [6, 6.07) is 0. The van der Waals surface area contributed by atoms with Crippen LogP contribution in [0.5, 0.6) is 0 Å². The molecule has 1 aliphatic heterocycles. The van der Waals surface area contributed by atoms with Crippen molar-refractivity contribution in [3.63, 3.8) is 0 Å². The summed E-state index contributed by atoms with van der Waals surface area (Å²) in [6.07, 6.45) is 10.3. The fourth-order valence-electron chi connectivity index (χ4n) is 2.26. The van der Waals surface area contributed by atoms with Crippen LogP contribution in [0.4, 0.5) is 0 Å². The molecule has 0 spiro atoms. The molecule has 2 unspecified atom stereocenters. The van der Waals surface area contributed by atoms with Gasteiger partial charge in [0.2, 0.25) is 5.78 Å². The molecular formula is C20H26O6. The van der Waals surface area contributed by atoms with Gasteiger partial charge in [0.05, 0.1) is 6.42 Å². The predicted octanol–water partition coefficient (Wildman–Crippen LogP) is 3.65. The van der Waals surface area contributed by atoms with Gasteiger partial charge >= 0.3 is 11.9 Å². The number of carboxylic acids is 1. The highest BCUT2D eigenvalue weighted by molar-refractivity contribution is 6.24.